The maximum Gasteiger partial charge on any atom is 0.229 e. The molecule has 3 heterocycles. The van der Waals surface area contributed by atoms with E-state index in [0.29, 0.717) is 0 Å². The van der Waals surface area contributed by atoms with Crippen LogP contribution in [0.4, 0.5) is 0 Å². The number of phenolic OH excluding ortho intramolecular Hbond substituents is 3. The maximum atomic E-state index is 13.5. The van der Waals surface area contributed by atoms with Gasteiger partial charge in [0, 0.05) is 12.1 Å². The van der Waals surface area contributed by atoms with E-state index in [4.69, 9.17) is 18.6 Å². The SMILES string of the molecule is O=c1c2cc(O[C@@H]3O[C@H](CO)[C@@H](O)[C@H](O)[C@H]3O)c(O)cc2oc2cc(O)c([C@@H]3O[C@H](CO)[C@@H](O)[C@H](O)[C@H]3O)c(O)c12. The monoisotopic (exact) mass is 584 g/mol. The second-order valence-corrected chi connectivity index (χ2v) is 9.84. The lowest BCUT2D eigenvalue weighted by molar-refractivity contribution is -0.277. The second kappa shape index (κ2) is 10.8. The fraction of sp³-hybridized carbons (Fsp3) is 0.480. The van der Waals surface area contributed by atoms with Gasteiger partial charge in [-0.25, -0.2) is 0 Å². The summed E-state index contributed by atoms with van der Waals surface area (Å²) in [5.74, 6) is -2.72. The van der Waals surface area contributed by atoms with E-state index >= 15 is 0 Å². The van der Waals surface area contributed by atoms with Crippen LogP contribution in [0.1, 0.15) is 11.7 Å². The molecule has 224 valence electrons. The van der Waals surface area contributed by atoms with Gasteiger partial charge in [0.05, 0.1) is 24.2 Å². The summed E-state index contributed by atoms with van der Waals surface area (Å²) >= 11 is 0. The molecule has 2 aromatic carbocycles. The highest BCUT2D eigenvalue weighted by atomic mass is 16.7. The summed E-state index contributed by atoms with van der Waals surface area (Å²) in [5, 5.41) is 111. The molecule has 5 rings (SSSR count). The van der Waals surface area contributed by atoms with Crippen LogP contribution < -0.4 is 10.2 Å². The van der Waals surface area contributed by atoms with E-state index in [1.54, 1.807) is 0 Å². The van der Waals surface area contributed by atoms with Crippen molar-refractivity contribution in [2.75, 3.05) is 13.2 Å². The lowest BCUT2D eigenvalue weighted by Gasteiger charge is -2.40. The van der Waals surface area contributed by atoms with Gasteiger partial charge in [0.1, 0.15) is 83.0 Å². The number of phenols is 3. The van der Waals surface area contributed by atoms with Crippen molar-refractivity contribution in [3.05, 3.63) is 34.0 Å². The van der Waals surface area contributed by atoms with Crippen LogP contribution in [0.15, 0.2) is 27.4 Å². The zero-order valence-corrected chi connectivity index (χ0v) is 20.9. The number of hydrogen-bond acceptors (Lipinski definition) is 16. The molecular formula is C25H28O16. The molecule has 0 spiro atoms. The Morgan fingerprint density at radius 1 is 0.707 bits per heavy atom. The van der Waals surface area contributed by atoms with E-state index in [1.165, 1.54) is 0 Å². The van der Waals surface area contributed by atoms with Crippen LogP contribution in [0.2, 0.25) is 0 Å². The van der Waals surface area contributed by atoms with Gasteiger partial charge in [-0.15, -0.1) is 0 Å². The first-order valence-electron chi connectivity index (χ1n) is 12.4. The number of rotatable bonds is 5. The number of aliphatic hydroxyl groups excluding tert-OH is 8. The van der Waals surface area contributed by atoms with E-state index in [0.717, 1.165) is 18.2 Å². The maximum absolute atomic E-state index is 13.5. The Labute approximate surface area is 228 Å². The fourth-order valence-electron chi connectivity index (χ4n) is 5.02. The Bertz CT molecular complexity index is 1500. The lowest BCUT2D eigenvalue weighted by atomic mass is 9.89. The Kier molecular flexibility index (Phi) is 7.72. The van der Waals surface area contributed by atoms with Crippen molar-refractivity contribution in [3.63, 3.8) is 0 Å². The van der Waals surface area contributed by atoms with Gasteiger partial charge in [0.25, 0.3) is 0 Å². The summed E-state index contributed by atoms with van der Waals surface area (Å²) in [6.45, 7) is -1.53. The zero-order chi connectivity index (χ0) is 29.9. The van der Waals surface area contributed by atoms with Crippen molar-refractivity contribution in [1.82, 2.24) is 0 Å². The van der Waals surface area contributed by atoms with E-state index < -0.39 is 114 Å². The van der Waals surface area contributed by atoms with Crippen molar-refractivity contribution in [1.29, 1.82) is 0 Å². The standard InChI is InChI=1S/C25H28O16/c26-4-12-17(31)20(34)22(36)24(39-12)14-8(29)3-11-15(19(14)33)16(30)6-1-10(7(28)2-9(6)38-11)40-25-23(37)21(35)18(32)13(5-27)41-25/h1-3,12-13,17-18,20-29,31-37H,4-5H2/t12-,13-,17-,18-,20+,21+,22-,23-,24+,25-/m1/s1. The number of aliphatic hydroxyl groups is 8. The molecule has 10 atom stereocenters. The minimum Gasteiger partial charge on any atom is -0.507 e. The quantitative estimate of drug-likeness (QED) is 0.131. The van der Waals surface area contributed by atoms with Crippen LogP contribution in [-0.2, 0) is 9.47 Å². The third-order valence-electron chi connectivity index (χ3n) is 7.30. The van der Waals surface area contributed by atoms with E-state index in [-0.39, 0.29) is 16.6 Å². The van der Waals surface area contributed by atoms with Gasteiger partial charge in [-0.2, -0.15) is 0 Å². The van der Waals surface area contributed by atoms with Crippen LogP contribution in [0.5, 0.6) is 23.0 Å². The molecule has 16 heteroatoms. The van der Waals surface area contributed by atoms with Gasteiger partial charge >= 0.3 is 0 Å². The summed E-state index contributed by atoms with van der Waals surface area (Å²) in [4.78, 5) is 13.5. The Morgan fingerprint density at radius 3 is 1.93 bits per heavy atom. The van der Waals surface area contributed by atoms with Crippen LogP contribution in [0, 0.1) is 0 Å². The molecule has 16 nitrogen and oxygen atoms in total. The van der Waals surface area contributed by atoms with Crippen molar-refractivity contribution in [3.8, 4) is 23.0 Å². The molecule has 0 bridgehead atoms. The molecule has 41 heavy (non-hydrogen) atoms. The molecule has 2 fully saturated rings. The molecule has 0 amide bonds. The summed E-state index contributed by atoms with van der Waals surface area (Å²) in [5.41, 5.74) is -2.06. The van der Waals surface area contributed by atoms with Crippen molar-refractivity contribution >= 4 is 21.9 Å². The number of ether oxygens (including phenoxy) is 3. The van der Waals surface area contributed by atoms with Gasteiger partial charge in [-0.3, -0.25) is 4.79 Å². The minimum absolute atomic E-state index is 0.236. The van der Waals surface area contributed by atoms with Crippen LogP contribution in [0.3, 0.4) is 0 Å². The topological polar surface area (TPSA) is 280 Å². The van der Waals surface area contributed by atoms with Crippen molar-refractivity contribution in [2.45, 2.75) is 61.2 Å². The summed E-state index contributed by atoms with van der Waals surface area (Å²) in [6, 6.07) is 2.84. The van der Waals surface area contributed by atoms with Gasteiger partial charge in [-0.1, -0.05) is 0 Å². The fourth-order valence-corrected chi connectivity index (χ4v) is 5.02. The Morgan fingerprint density at radius 2 is 1.29 bits per heavy atom. The third-order valence-corrected chi connectivity index (χ3v) is 7.30. The van der Waals surface area contributed by atoms with Gasteiger partial charge < -0.3 is 74.8 Å². The molecule has 1 aromatic heterocycles. The predicted molar refractivity (Wildman–Crippen MR) is 132 cm³/mol. The summed E-state index contributed by atoms with van der Waals surface area (Å²) in [7, 11) is 0. The Hall–Kier alpha value is -3.29. The van der Waals surface area contributed by atoms with Crippen molar-refractivity contribution in [2.24, 2.45) is 0 Å². The molecule has 0 aliphatic carbocycles. The third kappa shape index (κ3) is 4.73. The summed E-state index contributed by atoms with van der Waals surface area (Å²) in [6.07, 6.45) is -16.9. The number of aromatic hydroxyl groups is 3. The highest BCUT2D eigenvalue weighted by molar-refractivity contribution is 5.96. The van der Waals surface area contributed by atoms with Gasteiger partial charge in [0.15, 0.2) is 11.5 Å². The van der Waals surface area contributed by atoms with E-state index in [1.807, 2.05) is 0 Å². The minimum atomic E-state index is -1.90. The van der Waals surface area contributed by atoms with Crippen molar-refractivity contribution < 1.29 is 74.8 Å². The first kappa shape index (κ1) is 29.2. The molecule has 0 radical (unpaired) electrons. The molecule has 0 unspecified atom stereocenters. The predicted octanol–water partition coefficient (Wildman–Crippen LogP) is -3.24. The zero-order valence-electron chi connectivity index (χ0n) is 20.9. The molecule has 2 aliphatic rings. The summed E-state index contributed by atoms with van der Waals surface area (Å²) < 4.78 is 21.7. The van der Waals surface area contributed by atoms with E-state index in [9.17, 15) is 61.0 Å². The molecule has 2 aliphatic heterocycles. The number of hydrogen-bond donors (Lipinski definition) is 11. The number of benzene rings is 2. The number of fused-ring (bicyclic) bond motifs is 2. The van der Waals surface area contributed by atoms with Crippen LogP contribution in [0.25, 0.3) is 21.9 Å². The van der Waals surface area contributed by atoms with Gasteiger partial charge in [0.2, 0.25) is 11.7 Å². The second-order valence-electron chi connectivity index (χ2n) is 9.84. The van der Waals surface area contributed by atoms with Crippen LogP contribution in [-0.4, -0.2) is 125 Å². The first-order chi connectivity index (χ1) is 19.4. The molecule has 3 aromatic rings. The largest absolute Gasteiger partial charge is 0.507 e. The molecule has 11 N–H and O–H groups in total. The first-order valence-corrected chi connectivity index (χ1v) is 12.4. The average Bonchev–Trinajstić information content (AvgIpc) is 2.93. The van der Waals surface area contributed by atoms with E-state index in [2.05, 4.69) is 0 Å². The molecule has 2 saturated heterocycles. The smallest absolute Gasteiger partial charge is 0.229 e. The van der Waals surface area contributed by atoms with Gasteiger partial charge in [-0.05, 0) is 6.07 Å². The normalized spacial score (nSPS) is 34.2. The average molecular weight is 584 g/mol. The Balaban J connectivity index is 1.60. The molecule has 0 saturated carbocycles. The lowest BCUT2D eigenvalue weighted by Crippen LogP contribution is -2.60. The highest BCUT2D eigenvalue weighted by Gasteiger charge is 2.47. The van der Waals surface area contributed by atoms with Crippen LogP contribution >= 0.6 is 0 Å². The highest BCUT2D eigenvalue weighted by Crippen LogP contribution is 2.45. The molecular weight excluding hydrogens is 556 g/mol.